The highest BCUT2D eigenvalue weighted by Gasteiger charge is 2.08. The van der Waals surface area contributed by atoms with Gasteiger partial charge in [-0.15, -0.1) is 6.42 Å². The third-order valence-electron chi connectivity index (χ3n) is 2.78. The summed E-state index contributed by atoms with van der Waals surface area (Å²) in [6.07, 6.45) is 6.29. The van der Waals surface area contributed by atoms with Crippen molar-refractivity contribution in [2.75, 3.05) is 20.7 Å². The average Bonchev–Trinajstić information content (AvgIpc) is 2.42. The molecule has 18 heavy (non-hydrogen) atoms. The van der Waals surface area contributed by atoms with Gasteiger partial charge in [-0.2, -0.15) is 0 Å². The molecule has 0 aliphatic heterocycles. The third kappa shape index (κ3) is 5.75. The summed E-state index contributed by atoms with van der Waals surface area (Å²) in [7, 11) is 3.73. The summed E-state index contributed by atoms with van der Waals surface area (Å²) in [5.41, 5.74) is 1.30. The minimum Gasteiger partial charge on any atom is -0.497 e. The molecule has 1 rings (SSSR count). The molecule has 0 fully saturated rings. The summed E-state index contributed by atoms with van der Waals surface area (Å²) in [4.78, 5) is 2.17. The second-order valence-corrected chi connectivity index (χ2v) is 4.02. The van der Waals surface area contributed by atoms with Crippen molar-refractivity contribution in [2.24, 2.45) is 0 Å². The fraction of sp³-hybridized carbons (Fsp3) is 0.500. The molecule has 0 radical (unpaired) electrons. The van der Waals surface area contributed by atoms with Crippen LogP contribution in [0.1, 0.15) is 26.3 Å². The lowest BCUT2D eigenvalue weighted by atomic mass is 10.1. The quantitative estimate of drug-likeness (QED) is 0.741. The van der Waals surface area contributed by atoms with E-state index in [0.29, 0.717) is 12.6 Å². The maximum absolute atomic E-state index is 5.29. The Morgan fingerprint density at radius 2 is 1.83 bits per heavy atom. The Labute approximate surface area is 112 Å². The van der Waals surface area contributed by atoms with Crippen molar-refractivity contribution in [1.29, 1.82) is 0 Å². The molecular formula is C16H25NO. The van der Waals surface area contributed by atoms with Gasteiger partial charge < -0.3 is 4.74 Å². The number of rotatable bonds is 5. The maximum Gasteiger partial charge on any atom is 0.118 e. The van der Waals surface area contributed by atoms with Crippen molar-refractivity contribution >= 4 is 0 Å². The van der Waals surface area contributed by atoms with E-state index in [2.05, 4.69) is 29.9 Å². The first-order valence-electron chi connectivity index (χ1n) is 6.44. The molecule has 0 saturated carbocycles. The lowest BCUT2D eigenvalue weighted by molar-refractivity contribution is 0.287. The van der Waals surface area contributed by atoms with E-state index in [1.807, 2.05) is 33.0 Å². The maximum atomic E-state index is 5.29. The zero-order valence-corrected chi connectivity index (χ0v) is 12.2. The van der Waals surface area contributed by atoms with Gasteiger partial charge in [-0.3, -0.25) is 4.90 Å². The number of methoxy groups -OCH3 is 1. The molecule has 0 saturated heterocycles. The first-order chi connectivity index (χ1) is 8.67. The van der Waals surface area contributed by atoms with Crippen LogP contribution in [-0.2, 0) is 6.42 Å². The van der Waals surface area contributed by atoms with Crippen molar-refractivity contribution < 1.29 is 4.74 Å². The molecule has 1 atom stereocenters. The molecule has 0 bridgehead atoms. The Bertz CT molecular complexity index is 350. The number of benzene rings is 1. The number of likely N-dealkylation sites (N-methyl/N-ethyl adjacent to an activating group) is 1. The Hall–Kier alpha value is -1.46. The predicted octanol–water partition coefficient (Wildman–Crippen LogP) is 3.22. The summed E-state index contributed by atoms with van der Waals surface area (Å²) in [5.74, 6) is 3.55. The largest absolute Gasteiger partial charge is 0.497 e. The van der Waals surface area contributed by atoms with Crippen LogP contribution in [0.5, 0.6) is 5.75 Å². The van der Waals surface area contributed by atoms with Crippen LogP contribution in [0.3, 0.4) is 0 Å². The second kappa shape index (κ2) is 9.56. The standard InChI is InChI=1S/C14H19NO.C2H6/c1-5-10-15(3)12(2)11-13-6-8-14(16-4)9-7-13;1-2/h1,6-9,12H,10-11H2,2-4H3;1-2H3. The molecule has 100 valence electrons. The van der Waals surface area contributed by atoms with Crippen LogP contribution >= 0.6 is 0 Å². The second-order valence-electron chi connectivity index (χ2n) is 4.02. The van der Waals surface area contributed by atoms with Crippen LogP contribution in [0.15, 0.2) is 24.3 Å². The first kappa shape index (κ1) is 16.5. The zero-order chi connectivity index (χ0) is 14.0. The normalized spacial score (nSPS) is 11.2. The number of ether oxygens (including phenoxy) is 1. The minimum atomic E-state index is 0.449. The molecule has 0 aliphatic rings. The number of nitrogens with zero attached hydrogens (tertiary/aromatic N) is 1. The summed E-state index contributed by atoms with van der Waals surface area (Å²) < 4.78 is 5.12. The molecule has 1 aromatic carbocycles. The van der Waals surface area contributed by atoms with E-state index in [9.17, 15) is 0 Å². The van der Waals surface area contributed by atoms with E-state index in [1.165, 1.54) is 5.56 Å². The lowest BCUT2D eigenvalue weighted by Crippen LogP contribution is -2.31. The predicted molar refractivity (Wildman–Crippen MR) is 79.0 cm³/mol. The van der Waals surface area contributed by atoms with Crippen LogP contribution in [0.25, 0.3) is 0 Å². The smallest absolute Gasteiger partial charge is 0.118 e. The van der Waals surface area contributed by atoms with E-state index in [4.69, 9.17) is 11.2 Å². The van der Waals surface area contributed by atoms with Crippen molar-refractivity contribution in [3.8, 4) is 18.1 Å². The van der Waals surface area contributed by atoms with Gasteiger partial charge in [0.25, 0.3) is 0 Å². The highest BCUT2D eigenvalue weighted by molar-refractivity contribution is 5.27. The van der Waals surface area contributed by atoms with Crippen molar-refractivity contribution in [3.63, 3.8) is 0 Å². The Morgan fingerprint density at radius 1 is 1.28 bits per heavy atom. The number of terminal acetylenes is 1. The summed E-state index contributed by atoms with van der Waals surface area (Å²) in [5, 5.41) is 0. The van der Waals surface area contributed by atoms with Crippen molar-refractivity contribution in [3.05, 3.63) is 29.8 Å². The first-order valence-corrected chi connectivity index (χ1v) is 6.44. The SMILES string of the molecule is C#CCN(C)C(C)Cc1ccc(OC)cc1.CC. The number of hydrogen-bond donors (Lipinski definition) is 0. The van der Waals surface area contributed by atoms with Gasteiger partial charge in [0, 0.05) is 6.04 Å². The summed E-state index contributed by atoms with van der Waals surface area (Å²) >= 11 is 0. The van der Waals surface area contributed by atoms with Crippen molar-refractivity contribution in [1.82, 2.24) is 4.90 Å². The van der Waals surface area contributed by atoms with Crippen molar-refractivity contribution in [2.45, 2.75) is 33.2 Å². The topological polar surface area (TPSA) is 12.5 Å². The third-order valence-corrected chi connectivity index (χ3v) is 2.78. The molecule has 0 spiro atoms. The molecule has 0 aromatic heterocycles. The highest BCUT2D eigenvalue weighted by Crippen LogP contribution is 2.13. The van der Waals surface area contributed by atoms with Gasteiger partial charge in [-0.25, -0.2) is 0 Å². The van der Waals surface area contributed by atoms with Crippen LogP contribution in [0.2, 0.25) is 0 Å². The Kier molecular flexibility index (Phi) is 8.78. The fourth-order valence-corrected chi connectivity index (χ4v) is 1.56. The number of hydrogen-bond acceptors (Lipinski definition) is 2. The van der Waals surface area contributed by atoms with Gasteiger partial charge in [-0.1, -0.05) is 31.9 Å². The Morgan fingerprint density at radius 3 is 2.28 bits per heavy atom. The highest BCUT2D eigenvalue weighted by atomic mass is 16.5. The van der Waals surface area contributed by atoms with E-state index in [1.54, 1.807) is 7.11 Å². The van der Waals surface area contributed by atoms with E-state index < -0.39 is 0 Å². The van der Waals surface area contributed by atoms with Gasteiger partial charge in [0.15, 0.2) is 0 Å². The van der Waals surface area contributed by atoms with Gasteiger partial charge in [0.2, 0.25) is 0 Å². The molecule has 2 nitrogen and oxygen atoms in total. The van der Waals surface area contributed by atoms with Crippen LogP contribution in [0, 0.1) is 12.3 Å². The molecule has 1 unspecified atom stereocenters. The lowest BCUT2D eigenvalue weighted by Gasteiger charge is -2.22. The van der Waals surface area contributed by atoms with Gasteiger partial charge >= 0.3 is 0 Å². The summed E-state index contributed by atoms with van der Waals surface area (Å²) in [6.45, 7) is 6.87. The average molecular weight is 247 g/mol. The van der Waals surface area contributed by atoms with Crippen LogP contribution in [-0.4, -0.2) is 31.6 Å². The Balaban J connectivity index is 0.00000137. The van der Waals surface area contributed by atoms with E-state index >= 15 is 0 Å². The van der Waals surface area contributed by atoms with Gasteiger partial charge in [-0.05, 0) is 38.1 Å². The molecular weight excluding hydrogens is 222 g/mol. The van der Waals surface area contributed by atoms with Gasteiger partial charge in [0.1, 0.15) is 5.75 Å². The van der Waals surface area contributed by atoms with Gasteiger partial charge in [0.05, 0.1) is 13.7 Å². The van der Waals surface area contributed by atoms with E-state index in [-0.39, 0.29) is 0 Å². The molecule has 0 heterocycles. The molecule has 0 N–H and O–H groups in total. The fourth-order valence-electron chi connectivity index (χ4n) is 1.56. The molecule has 0 aliphatic carbocycles. The van der Waals surface area contributed by atoms with E-state index in [0.717, 1.165) is 12.2 Å². The summed E-state index contributed by atoms with van der Waals surface area (Å²) in [6, 6.07) is 8.62. The van der Waals surface area contributed by atoms with Crippen LogP contribution in [0.4, 0.5) is 0 Å². The monoisotopic (exact) mass is 247 g/mol. The molecule has 1 aromatic rings. The zero-order valence-electron chi connectivity index (χ0n) is 12.2. The molecule has 0 amide bonds. The molecule has 2 heteroatoms. The van der Waals surface area contributed by atoms with Crippen LogP contribution < -0.4 is 4.74 Å². The minimum absolute atomic E-state index is 0.449.